The van der Waals surface area contributed by atoms with Gasteiger partial charge in [-0.2, -0.15) is 0 Å². The number of methoxy groups -OCH3 is 1. The lowest BCUT2D eigenvalue weighted by molar-refractivity contribution is 0.414. The molecule has 0 saturated carbocycles. The molecule has 0 aliphatic rings. The number of ether oxygens (including phenoxy) is 1. The molecule has 2 aromatic heterocycles. The Bertz CT molecular complexity index is 775. The van der Waals surface area contributed by atoms with Gasteiger partial charge in [-0.3, -0.25) is 0 Å². The summed E-state index contributed by atoms with van der Waals surface area (Å²) in [5.41, 5.74) is 5.53. The van der Waals surface area contributed by atoms with E-state index in [1.165, 1.54) is 11.9 Å². The monoisotopic (exact) mass is 304 g/mol. The van der Waals surface area contributed by atoms with Gasteiger partial charge in [0.25, 0.3) is 0 Å². The Balaban J connectivity index is 2.29. The van der Waals surface area contributed by atoms with E-state index in [0.29, 0.717) is 5.15 Å². The molecular formula is C15H13ClN2OS. The lowest BCUT2D eigenvalue weighted by Crippen LogP contribution is -1.92. The fraction of sp³-hybridized carbons (Fsp3) is 0.200. The molecule has 2 heterocycles. The maximum atomic E-state index is 6.12. The van der Waals surface area contributed by atoms with E-state index in [4.69, 9.17) is 16.3 Å². The van der Waals surface area contributed by atoms with Gasteiger partial charge >= 0.3 is 0 Å². The molecule has 102 valence electrons. The van der Waals surface area contributed by atoms with Crippen LogP contribution in [0.3, 0.4) is 0 Å². The number of aromatic nitrogens is 2. The maximum Gasteiger partial charge on any atom is 0.150 e. The van der Waals surface area contributed by atoms with Gasteiger partial charge in [0.15, 0.2) is 0 Å². The van der Waals surface area contributed by atoms with Gasteiger partial charge in [0.2, 0.25) is 0 Å². The summed E-state index contributed by atoms with van der Waals surface area (Å²) in [5.74, 6) is 0.871. The van der Waals surface area contributed by atoms with Crippen LogP contribution in [0.25, 0.3) is 21.3 Å². The molecule has 3 aromatic rings. The number of fused-ring (bicyclic) bond motifs is 1. The van der Waals surface area contributed by atoms with Crippen LogP contribution in [0, 0.1) is 13.8 Å². The zero-order valence-corrected chi connectivity index (χ0v) is 13.0. The van der Waals surface area contributed by atoms with E-state index in [9.17, 15) is 0 Å². The second-order valence-corrected chi connectivity index (χ2v) is 5.87. The first-order valence-electron chi connectivity index (χ1n) is 6.15. The highest BCUT2D eigenvalue weighted by atomic mass is 35.5. The van der Waals surface area contributed by atoms with Crippen molar-refractivity contribution >= 4 is 33.2 Å². The molecular weight excluding hydrogens is 292 g/mol. The summed E-state index contributed by atoms with van der Waals surface area (Å²) in [7, 11) is 1.68. The van der Waals surface area contributed by atoms with Crippen molar-refractivity contribution < 1.29 is 4.74 Å². The van der Waals surface area contributed by atoms with Crippen molar-refractivity contribution in [3.63, 3.8) is 0 Å². The normalized spacial score (nSPS) is 11.0. The molecule has 3 nitrogen and oxygen atoms in total. The number of benzene rings is 1. The smallest absolute Gasteiger partial charge is 0.150 e. The predicted molar refractivity (Wildman–Crippen MR) is 83.9 cm³/mol. The average molecular weight is 305 g/mol. The number of nitrogens with zero attached hydrogens (tertiary/aromatic N) is 2. The Hall–Kier alpha value is -1.65. The van der Waals surface area contributed by atoms with Gasteiger partial charge in [-0.1, -0.05) is 11.6 Å². The molecule has 0 radical (unpaired) electrons. The van der Waals surface area contributed by atoms with Crippen LogP contribution in [0.2, 0.25) is 5.15 Å². The van der Waals surface area contributed by atoms with E-state index in [2.05, 4.69) is 29.2 Å². The van der Waals surface area contributed by atoms with Crippen molar-refractivity contribution in [2.75, 3.05) is 7.11 Å². The Morgan fingerprint density at radius 2 is 1.85 bits per heavy atom. The zero-order chi connectivity index (χ0) is 14.3. The highest BCUT2D eigenvalue weighted by Gasteiger charge is 2.15. The predicted octanol–water partition coefficient (Wildman–Crippen LogP) is 4.64. The fourth-order valence-electron chi connectivity index (χ4n) is 2.47. The number of hydrogen-bond donors (Lipinski definition) is 0. The number of halogens is 1. The van der Waals surface area contributed by atoms with Crippen LogP contribution in [0.1, 0.15) is 11.1 Å². The molecule has 0 N–H and O–H groups in total. The second kappa shape index (κ2) is 5.04. The minimum absolute atomic E-state index is 0.509. The molecule has 0 unspecified atom stereocenters. The molecule has 0 spiro atoms. The summed E-state index contributed by atoms with van der Waals surface area (Å²) in [6.45, 7) is 4.16. The summed E-state index contributed by atoms with van der Waals surface area (Å²) >= 11 is 7.70. The van der Waals surface area contributed by atoms with Gasteiger partial charge in [0.1, 0.15) is 17.2 Å². The molecule has 0 aliphatic carbocycles. The van der Waals surface area contributed by atoms with E-state index < -0.39 is 0 Å². The van der Waals surface area contributed by atoms with Crippen LogP contribution >= 0.6 is 22.9 Å². The third-order valence-electron chi connectivity index (χ3n) is 3.32. The Kier molecular flexibility index (Phi) is 3.36. The van der Waals surface area contributed by atoms with Crippen LogP contribution in [0.5, 0.6) is 5.75 Å². The van der Waals surface area contributed by atoms with E-state index in [1.807, 2.05) is 12.1 Å². The van der Waals surface area contributed by atoms with E-state index >= 15 is 0 Å². The molecule has 1 aromatic carbocycles. The van der Waals surface area contributed by atoms with E-state index in [1.54, 1.807) is 18.4 Å². The SMILES string of the molecule is COc1cc(C)c(-c2csc3c(Cl)ncnc23)c(C)c1. The van der Waals surface area contributed by atoms with Crippen molar-refractivity contribution in [3.05, 3.63) is 40.1 Å². The van der Waals surface area contributed by atoms with Crippen molar-refractivity contribution in [2.24, 2.45) is 0 Å². The topological polar surface area (TPSA) is 35.0 Å². The third kappa shape index (κ3) is 2.05. The van der Waals surface area contributed by atoms with Gasteiger partial charge in [-0.25, -0.2) is 9.97 Å². The fourth-order valence-corrected chi connectivity index (χ4v) is 3.62. The molecule has 20 heavy (non-hydrogen) atoms. The summed E-state index contributed by atoms with van der Waals surface area (Å²) in [5, 5.41) is 2.60. The highest BCUT2D eigenvalue weighted by Crippen LogP contribution is 2.39. The first kappa shape index (κ1) is 13.3. The van der Waals surface area contributed by atoms with Crippen molar-refractivity contribution in [1.82, 2.24) is 9.97 Å². The first-order valence-corrected chi connectivity index (χ1v) is 7.41. The van der Waals surface area contributed by atoms with Gasteiger partial charge < -0.3 is 4.74 Å². The molecule has 3 rings (SSSR count). The number of aryl methyl sites for hydroxylation is 2. The highest BCUT2D eigenvalue weighted by molar-refractivity contribution is 7.18. The first-order chi connectivity index (χ1) is 9.61. The Morgan fingerprint density at radius 3 is 2.50 bits per heavy atom. The molecule has 0 atom stereocenters. The molecule has 0 bridgehead atoms. The molecule has 0 fully saturated rings. The standard InChI is InChI=1S/C15H13ClN2OS/c1-8-4-10(19-3)5-9(2)12(8)11-6-20-14-13(11)17-7-18-15(14)16/h4-7H,1-3H3. The lowest BCUT2D eigenvalue weighted by atomic mass is 9.96. The zero-order valence-electron chi connectivity index (χ0n) is 11.4. The number of hydrogen-bond acceptors (Lipinski definition) is 4. The lowest BCUT2D eigenvalue weighted by Gasteiger charge is -2.11. The third-order valence-corrected chi connectivity index (χ3v) is 4.70. The summed E-state index contributed by atoms with van der Waals surface area (Å²) in [6.07, 6.45) is 1.51. The van der Waals surface area contributed by atoms with E-state index in [0.717, 1.165) is 32.7 Å². The number of rotatable bonds is 2. The molecule has 0 aliphatic heterocycles. The quantitative estimate of drug-likeness (QED) is 0.647. The van der Waals surface area contributed by atoms with Crippen LogP contribution < -0.4 is 4.74 Å². The van der Waals surface area contributed by atoms with Crippen LogP contribution in [0.4, 0.5) is 0 Å². The van der Waals surface area contributed by atoms with Gasteiger partial charge in [-0.05, 0) is 42.7 Å². The molecule has 5 heteroatoms. The minimum Gasteiger partial charge on any atom is -0.497 e. The van der Waals surface area contributed by atoms with Gasteiger partial charge in [0, 0.05) is 10.9 Å². The summed E-state index contributed by atoms with van der Waals surface area (Å²) in [6, 6.07) is 4.07. The van der Waals surface area contributed by atoms with Crippen molar-refractivity contribution in [2.45, 2.75) is 13.8 Å². The minimum atomic E-state index is 0.509. The van der Waals surface area contributed by atoms with E-state index in [-0.39, 0.29) is 0 Å². The maximum absolute atomic E-state index is 6.12. The largest absolute Gasteiger partial charge is 0.497 e. The van der Waals surface area contributed by atoms with Crippen LogP contribution in [-0.2, 0) is 0 Å². The van der Waals surface area contributed by atoms with Gasteiger partial charge in [-0.15, -0.1) is 11.3 Å². The van der Waals surface area contributed by atoms with Crippen molar-refractivity contribution in [3.8, 4) is 16.9 Å². The Morgan fingerprint density at radius 1 is 1.15 bits per heavy atom. The Labute approximate surface area is 126 Å². The van der Waals surface area contributed by atoms with Crippen LogP contribution in [-0.4, -0.2) is 17.1 Å². The summed E-state index contributed by atoms with van der Waals surface area (Å²) < 4.78 is 6.24. The molecule has 0 amide bonds. The summed E-state index contributed by atoms with van der Waals surface area (Å²) in [4.78, 5) is 8.42. The number of thiophene rings is 1. The van der Waals surface area contributed by atoms with Crippen molar-refractivity contribution in [1.29, 1.82) is 0 Å². The average Bonchev–Trinajstić information content (AvgIpc) is 2.83. The van der Waals surface area contributed by atoms with Crippen LogP contribution in [0.15, 0.2) is 23.8 Å². The second-order valence-electron chi connectivity index (χ2n) is 4.63. The molecule has 0 saturated heterocycles. The van der Waals surface area contributed by atoms with Gasteiger partial charge in [0.05, 0.1) is 17.3 Å².